The third-order valence-electron chi connectivity index (χ3n) is 4.10. The van der Waals surface area contributed by atoms with E-state index in [4.69, 9.17) is 0 Å². The van der Waals surface area contributed by atoms with E-state index in [2.05, 4.69) is 10.6 Å². The molecule has 0 fully saturated rings. The van der Waals surface area contributed by atoms with Gasteiger partial charge in [0.15, 0.2) is 0 Å². The van der Waals surface area contributed by atoms with Crippen LogP contribution in [0.3, 0.4) is 0 Å². The molecule has 0 aromatic heterocycles. The van der Waals surface area contributed by atoms with Crippen LogP contribution in [0.4, 0.5) is 0 Å². The van der Waals surface area contributed by atoms with Crippen LogP contribution in [-0.4, -0.2) is 52.9 Å². The van der Waals surface area contributed by atoms with Crippen LogP contribution in [0.2, 0.25) is 0 Å². The van der Waals surface area contributed by atoms with Crippen LogP contribution in [-0.2, 0) is 18.7 Å². The summed E-state index contributed by atoms with van der Waals surface area (Å²) in [6.45, 7) is 4.63. The molecule has 2 unspecified atom stereocenters. The lowest BCUT2D eigenvalue weighted by molar-refractivity contribution is -0.121. The second-order valence-corrected chi connectivity index (χ2v) is 12.2. The molecule has 0 aromatic carbocycles. The summed E-state index contributed by atoms with van der Waals surface area (Å²) < 4.78 is 24.3. The lowest BCUT2D eigenvalue weighted by atomic mass is 10.2. The second kappa shape index (κ2) is 14.3. The van der Waals surface area contributed by atoms with Crippen LogP contribution in [0.1, 0.15) is 65.2 Å². The number of unbranched alkanes of at least 4 members (excludes halogenated alkanes) is 4. The molecule has 0 saturated heterocycles. The Morgan fingerprint density at radius 1 is 0.704 bits per heavy atom. The van der Waals surface area contributed by atoms with E-state index < -0.39 is 20.6 Å². The molecule has 0 rings (SSSR count). The molecule has 0 heterocycles. The molecule has 10 heteroatoms. The highest BCUT2D eigenvalue weighted by molar-refractivity contribution is 7.75. The van der Waals surface area contributed by atoms with Crippen molar-refractivity contribution in [2.75, 3.05) is 31.3 Å². The highest BCUT2D eigenvalue weighted by Crippen LogP contribution is 2.57. The summed E-state index contributed by atoms with van der Waals surface area (Å²) in [4.78, 5) is 42.1. The minimum atomic E-state index is -3.62. The first-order chi connectivity index (χ1) is 12.6. The predicted molar refractivity (Wildman–Crippen MR) is 109 cm³/mol. The Labute approximate surface area is 162 Å². The third kappa shape index (κ3) is 16.0. The van der Waals surface area contributed by atoms with Gasteiger partial charge >= 0.3 is 0 Å². The molecular formula is C17H36N2O6P2. The summed E-state index contributed by atoms with van der Waals surface area (Å²) in [6, 6.07) is 0. The number of carbonyl (C=O) groups excluding carboxylic acids is 2. The van der Waals surface area contributed by atoms with Gasteiger partial charge in [-0.05, 0) is 25.7 Å². The molecule has 4 N–H and O–H groups in total. The monoisotopic (exact) mass is 426 g/mol. The van der Waals surface area contributed by atoms with Crippen LogP contribution >= 0.6 is 14.7 Å². The van der Waals surface area contributed by atoms with Gasteiger partial charge in [-0.3, -0.25) is 18.7 Å². The largest absolute Gasteiger partial charge is 0.356 e. The van der Waals surface area contributed by atoms with Gasteiger partial charge in [0.2, 0.25) is 26.6 Å². The lowest BCUT2D eigenvalue weighted by Gasteiger charge is -2.16. The molecular weight excluding hydrogens is 390 g/mol. The fraction of sp³-hybridized carbons (Fsp3) is 0.882. The molecule has 8 nitrogen and oxygen atoms in total. The molecule has 0 aliphatic rings. The van der Waals surface area contributed by atoms with Crippen LogP contribution in [0.5, 0.6) is 0 Å². The van der Waals surface area contributed by atoms with E-state index in [-0.39, 0.29) is 24.1 Å². The standard InChI is InChI=1S/C17H36N2O6P2/c1-3-16(20)18-11-7-5-9-13-26(22,23)15-27(24,25)14-10-6-8-12-19-17(21)4-2/h3-15H2,1-2H3,(H,18,20)(H,19,21)(H,22,23)(H,24,25). The van der Waals surface area contributed by atoms with Gasteiger partial charge < -0.3 is 20.4 Å². The van der Waals surface area contributed by atoms with Gasteiger partial charge in [-0.2, -0.15) is 0 Å². The molecule has 0 aromatic rings. The second-order valence-electron chi connectivity index (χ2n) is 6.81. The molecule has 0 saturated carbocycles. The van der Waals surface area contributed by atoms with Crippen molar-refractivity contribution >= 4 is 26.6 Å². The molecule has 0 aliphatic carbocycles. The molecule has 27 heavy (non-hydrogen) atoms. The van der Waals surface area contributed by atoms with E-state index in [1.165, 1.54) is 0 Å². The number of hydrogen-bond acceptors (Lipinski definition) is 4. The molecule has 0 spiro atoms. The summed E-state index contributed by atoms with van der Waals surface area (Å²) in [6.07, 6.45) is 4.73. The molecule has 0 bridgehead atoms. The Morgan fingerprint density at radius 2 is 1.07 bits per heavy atom. The van der Waals surface area contributed by atoms with E-state index in [0.29, 0.717) is 51.6 Å². The van der Waals surface area contributed by atoms with Crippen molar-refractivity contribution in [3.05, 3.63) is 0 Å². The quantitative estimate of drug-likeness (QED) is 0.222. The van der Waals surface area contributed by atoms with Gasteiger partial charge in [0.05, 0.1) is 0 Å². The Balaban J connectivity index is 3.91. The van der Waals surface area contributed by atoms with E-state index in [1.807, 2.05) is 0 Å². The minimum Gasteiger partial charge on any atom is -0.356 e. The van der Waals surface area contributed by atoms with E-state index in [0.717, 1.165) is 12.8 Å². The topological polar surface area (TPSA) is 133 Å². The van der Waals surface area contributed by atoms with Crippen LogP contribution in [0, 0.1) is 0 Å². The average molecular weight is 426 g/mol. The summed E-state index contributed by atoms with van der Waals surface area (Å²) in [7, 11) is -7.25. The molecule has 0 radical (unpaired) electrons. The van der Waals surface area contributed by atoms with Gasteiger partial charge in [0.1, 0.15) is 5.90 Å². The summed E-state index contributed by atoms with van der Waals surface area (Å²) in [5.41, 5.74) is 0. The predicted octanol–water partition coefficient (Wildman–Crippen LogP) is 2.88. The maximum Gasteiger partial charge on any atom is 0.219 e. The maximum atomic E-state index is 12.2. The van der Waals surface area contributed by atoms with Crippen molar-refractivity contribution in [1.82, 2.24) is 10.6 Å². The number of nitrogens with one attached hydrogen (secondary N) is 2. The highest BCUT2D eigenvalue weighted by Gasteiger charge is 2.30. The molecule has 160 valence electrons. The van der Waals surface area contributed by atoms with Crippen molar-refractivity contribution in [2.24, 2.45) is 0 Å². The van der Waals surface area contributed by atoms with Crippen molar-refractivity contribution in [1.29, 1.82) is 0 Å². The first kappa shape index (κ1) is 26.3. The Kier molecular flexibility index (Phi) is 14.0. The first-order valence-corrected chi connectivity index (χ1v) is 13.8. The SMILES string of the molecule is CCC(=O)NCCCCCP(=O)(O)CP(=O)(O)CCCCCNC(=O)CC. The minimum absolute atomic E-state index is 0.0169. The number of hydrogen-bond donors (Lipinski definition) is 4. The molecule has 0 aliphatic heterocycles. The lowest BCUT2D eigenvalue weighted by Crippen LogP contribution is -2.23. The first-order valence-electron chi connectivity index (χ1n) is 9.77. The Hall–Kier alpha value is -0.680. The van der Waals surface area contributed by atoms with Crippen molar-refractivity contribution in [3.63, 3.8) is 0 Å². The third-order valence-corrected chi connectivity index (χ3v) is 9.66. The highest BCUT2D eigenvalue weighted by atomic mass is 31.2. The zero-order valence-electron chi connectivity index (χ0n) is 16.6. The van der Waals surface area contributed by atoms with Gasteiger partial charge in [-0.15, -0.1) is 0 Å². The van der Waals surface area contributed by atoms with E-state index >= 15 is 0 Å². The molecule has 2 atom stereocenters. The average Bonchev–Trinajstić information content (AvgIpc) is 2.59. The number of rotatable bonds is 16. The van der Waals surface area contributed by atoms with Crippen LogP contribution in [0.25, 0.3) is 0 Å². The normalized spacial score (nSPS) is 15.6. The number of carbonyl (C=O) groups is 2. The fourth-order valence-corrected chi connectivity index (χ4v) is 7.84. The summed E-state index contributed by atoms with van der Waals surface area (Å²) >= 11 is 0. The van der Waals surface area contributed by atoms with E-state index in [9.17, 15) is 28.5 Å². The molecule has 2 amide bonds. The Morgan fingerprint density at radius 3 is 1.41 bits per heavy atom. The zero-order chi connectivity index (χ0) is 20.8. The van der Waals surface area contributed by atoms with E-state index in [1.54, 1.807) is 13.8 Å². The zero-order valence-corrected chi connectivity index (χ0v) is 18.4. The number of amides is 2. The van der Waals surface area contributed by atoms with Gasteiger partial charge in [-0.1, -0.05) is 26.7 Å². The fourth-order valence-electron chi connectivity index (χ4n) is 2.51. The van der Waals surface area contributed by atoms with Gasteiger partial charge in [-0.25, -0.2) is 0 Å². The maximum absolute atomic E-state index is 12.2. The van der Waals surface area contributed by atoms with Crippen molar-refractivity contribution < 1.29 is 28.5 Å². The Bertz CT molecular complexity index is 496. The van der Waals surface area contributed by atoms with Crippen LogP contribution in [0.15, 0.2) is 0 Å². The summed E-state index contributed by atoms with van der Waals surface area (Å²) in [5, 5.41) is 5.47. The van der Waals surface area contributed by atoms with Crippen molar-refractivity contribution in [3.8, 4) is 0 Å². The smallest absolute Gasteiger partial charge is 0.219 e. The summed E-state index contributed by atoms with van der Waals surface area (Å²) in [5.74, 6) is -0.562. The van der Waals surface area contributed by atoms with Gasteiger partial charge in [0.25, 0.3) is 0 Å². The van der Waals surface area contributed by atoms with Gasteiger partial charge in [0, 0.05) is 38.3 Å². The van der Waals surface area contributed by atoms with Crippen LogP contribution < -0.4 is 10.6 Å². The van der Waals surface area contributed by atoms with Crippen molar-refractivity contribution in [2.45, 2.75) is 65.2 Å².